The van der Waals surface area contributed by atoms with Crippen molar-refractivity contribution in [2.24, 2.45) is 5.73 Å². The van der Waals surface area contributed by atoms with E-state index in [1.807, 2.05) is 54.6 Å². The van der Waals surface area contributed by atoms with E-state index < -0.39 is 40.7 Å². The summed E-state index contributed by atoms with van der Waals surface area (Å²) < 4.78 is 40.9. The number of nitrogens with zero attached hydrogens (tertiary/aromatic N) is 4. The number of para-hydroxylation sites is 1. The predicted octanol–water partition coefficient (Wildman–Crippen LogP) is 4.10. The highest BCUT2D eigenvalue weighted by Crippen LogP contribution is 2.41. The molecule has 12 heteroatoms. The lowest BCUT2D eigenvalue weighted by Gasteiger charge is -2.38. The quantitative estimate of drug-likeness (QED) is 0.383. The van der Waals surface area contributed by atoms with Gasteiger partial charge in [-0.2, -0.15) is 18.3 Å². The second-order valence-corrected chi connectivity index (χ2v) is 9.53. The van der Waals surface area contributed by atoms with Gasteiger partial charge in [-0.1, -0.05) is 42.5 Å². The van der Waals surface area contributed by atoms with Crippen LogP contribution in [0.3, 0.4) is 0 Å². The minimum absolute atomic E-state index is 0.266. The molecule has 0 bridgehead atoms. The van der Waals surface area contributed by atoms with E-state index in [1.165, 1.54) is 4.90 Å². The van der Waals surface area contributed by atoms with Crippen molar-refractivity contribution in [2.45, 2.75) is 31.6 Å². The molecule has 1 aliphatic rings. The zero-order valence-corrected chi connectivity index (χ0v) is 21.0. The lowest BCUT2D eigenvalue weighted by molar-refractivity contribution is -0.137. The number of aromatic nitrogens is 3. The first-order valence-corrected chi connectivity index (χ1v) is 12.7. The van der Waals surface area contributed by atoms with Gasteiger partial charge in [-0.05, 0) is 30.2 Å². The Balaban J connectivity index is 1.62. The molecule has 5 rings (SSSR count). The first-order valence-electron chi connectivity index (χ1n) is 11.8. The molecule has 0 aliphatic carbocycles. The maximum absolute atomic E-state index is 13.9. The summed E-state index contributed by atoms with van der Waals surface area (Å²) in [6.45, 7) is 2.34. The largest absolute Gasteiger partial charge is 0.443 e. The molecule has 1 aliphatic heterocycles. The minimum atomic E-state index is -4.67. The number of likely N-dealkylation sites (N-methyl/N-ethyl adjacent to an activating group) is 1. The van der Waals surface area contributed by atoms with Crippen LogP contribution in [0.5, 0.6) is 0 Å². The fourth-order valence-corrected chi connectivity index (χ4v) is 5.32. The number of carbonyl (C=O) groups excluding carboxylic acids is 2. The molecule has 8 nitrogen and oxygen atoms in total. The molecule has 4 aromatic rings. The van der Waals surface area contributed by atoms with Crippen LogP contribution >= 0.6 is 11.3 Å². The Hall–Kier alpha value is -4.03. The van der Waals surface area contributed by atoms with Gasteiger partial charge in [0.25, 0.3) is 11.8 Å². The van der Waals surface area contributed by atoms with Gasteiger partial charge in [0.2, 0.25) is 0 Å². The third-order valence-electron chi connectivity index (χ3n) is 6.36. The summed E-state index contributed by atoms with van der Waals surface area (Å²) >= 11 is 0.325. The number of carbonyl (C=O) groups is 2. The highest BCUT2D eigenvalue weighted by molar-refractivity contribution is 7.10. The average molecular weight is 541 g/mol. The normalized spacial score (nSPS) is 17.4. The van der Waals surface area contributed by atoms with E-state index in [4.69, 9.17) is 5.73 Å². The summed E-state index contributed by atoms with van der Waals surface area (Å²) in [6, 6.07) is 15.5. The summed E-state index contributed by atoms with van der Waals surface area (Å²) in [5.74, 6) is -1.40. The molecule has 0 saturated heterocycles. The number of thiazole rings is 1. The number of fused-ring (bicyclic) bond motifs is 1. The summed E-state index contributed by atoms with van der Waals surface area (Å²) in [7, 11) is 0. The Morgan fingerprint density at radius 1 is 1.16 bits per heavy atom. The Morgan fingerprint density at radius 3 is 2.58 bits per heavy atom. The number of hydrogen-bond acceptors (Lipinski definition) is 6. The maximum Gasteiger partial charge on any atom is 0.443 e. The number of amides is 2. The first kappa shape index (κ1) is 25.6. The van der Waals surface area contributed by atoms with Crippen molar-refractivity contribution in [2.75, 3.05) is 11.4 Å². The highest BCUT2D eigenvalue weighted by Gasteiger charge is 2.45. The van der Waals surface area contributed by atoms with Gasteiger partial charge < -0.3 is 11.1 Å². The van der Waals surface area contributed by atoms with Gasteiger partial charge in [-0.3, -0.25) is 14.5 Å². The fourth-order valence-electron chi connectivity index (χ4n) is 4.66. The zero-order valence-electron chi connectivity index (χ0n) is 20.1. The van der Waals surface area contributed by atoms with E-state index in [9.17, 15) is 22.8 Å². The third kappa shape index (κ3) is 4.56. The molecule has 2 aromatic heterocycles. The predicted molar refractivity (Wildman–Crippen MR) is 136 cm³/mol. The maximum atomic E-state index is 13.9. The second kappa shape index (κ2) is 10.0. The molecule has 0 radical (unpaired) electrons. The summed E-state index contributed by atoms with van der Waals surface area (Å²) in [4.78, 5) is 32.0. The van der Waals surface area contributed by atoms with E-state index in [-0.39, 0.29) is 13.1 Å². The lowest BCUT2D eigenvalue weighted by Crippen LogP contribution is -2.55. The zero-order chi connectivity index (χ0) is 27.0. The average Bonchev–Trinajstić information content (AvgIpc) is 3.58. The molecule has 2 atom stereocenters. The number of nitrogens with one attached hydrogen (secondary N) is 1. The van der Waals surface area contributed by atoms with Crippen LogP contribution in [0.4, 0.5) is 19.0 Å². The van der Waals surface area contributed by atoms with Crippen LogP contribution in [-0.4, -0.2) is 39.2 Å². The molecule has 2 aromatic carbocycles. The fraction of sp³-hybridized carbons (Fsp3) is 0.231. The van der Waals surface area contributed by atoms with Gasteiger partial charge in [0, 0.05) is 30.0 Å². The molecule has 38 heavy (non-hydrogen) atoms. The standard InChI is InChI=1S/C26H23F3N6O2S/c1-2-34-23-18(13-31-35(23)17-9-4-3-5-10-17)20(16-8-6-7-15(11-16)12-30)21(24(34)37)33-22(36)19-14-38-25(32-19)26(27,28)29/h3-11,13-14,20-21H,2,12,30H2,1H3,(H,33,36)/t20-,21+/m1/s1. The molecule has 196 valence electrons. The SMILES string of the molecule is CCN1C(=O)[C@@H](NC(=O)c2csc(C(F)(F)F)n2)[C@H](c2cccc(CN)c2)c2cnn(-c3ccccc3)c21. The number of nitrogens with two attached hydrogens (primary N) is 1. The molecule has 0 saturated carbocycles. The van der Waals surface area contributed by atoms with Crippen molar-refractivity contribution in [1.82, 2.24) is 20.1 Å². The Kier molecular flexibility index (Phi) is 6.76. The van der Waals surface area contributed by atoms with Crippen LogP contribution in [0, 0.1) is 0 Å². The Morgan fingerprint density at radius 2 is 1.92 bits per heavy atom. The van der Waals surface area contributed by atoms with Crippen molar-refractivity contribution in [3.63, 3.8) is 0 Å². The number of rotatable bonds is 6. The van der Waals surface area contributed by atoms with Crippen molar-refractivity contribution < 1.29 is 22.8 Å². The van der Waals surface area contributed by atoms with Crippen molar-refractivity contribution >= 4 is 29.0 Å². The van der Waals surface area contributed by atoms with Crippen molar-refractivity contribution in [1.29, 1.82) is 0 Å². The number of benzene rings is 2. The van der Waals surface area contributed by atoms with Gasteiger partial charge >= 0.3 is 6.18 Å². The van der Waals surface area contributed by atoms with Gasteiger partial charge in [0.05, 0.1) is 11.9 Å². The van der Waals surface area contributed by atoms with Gasteiger partial charge in [0.15, 0.2) is 5.01 Å². The van der Waals surface area contributed by atoms with Crippen LogP contribution < -0.4 is 16.0 Å². The van der Waals surface area contributed by atoms with E-state index >= 15 is 0 Å². The van der Waals surface area contributed by atoms with Gasteiger partial charge in [-0.15, -0.1) is 11.3 Å². The first-order chi connectivity index (χ1) is 18.2. The molecular formula is C26H23F3N6O2S. The number of halogens is 3. The Bertz CT molecular complexity index is 1480. The van der Waals surface area contributed by atoms with Crippen LogP contribution in [0.2, 0.25) is 0 Å². The van der Waals surface area contributed by atoms with Gasteiger partial charge in [-0.25, -0.2) is 9.67 Å². The van der Waals surface area contributed by atoms with E-state index in [0.29, 0.717) is 28.3 Å². The molecular weight excluding hydrogens is 517 g/mol. The molecule has 2 amide bonds. The van der Waals surface area contributed by atoms with E-state index in [1.54, 1.807) is 17.8 Å². The summed E-state index contributed by atoms with van der Waals surface area (Å²) in [5.41, 5.74) is 8.43. The number of alkyl halides is 3. The van der Waals surface area contributed by atoms with Crippen LogP contribution in [0.15, 0.2) is 66.2 Å². The number of anilines is 1. The second-order valence-electron chi connectivity index (χ2n) is 8.67. The molecule has 3 N–H and O–H groups in total. The molecule has 0 unspecified atom stereocenters. The van der Waals surface area contributed by atoms with E-state index in [0.717, 1.165) is 16.6 Å². The van der Waals surface area contributed by atoms with Crippen LogP contribution in [0.1, 0.15) is 45.0 Å². The smallest absolute Gasteiger partial charge is 0.338 e. The monoisotopic (exact) mass is 540 g/mol. The minimum Gasteiger partial charge on any atom is -0.338 e. The number of hydrogen-bond donors (Lipinski definition) is 2. The molecule has 0 spiro atoms. The topological polar surface area (TPSA) is 106 Å². The summed E-state index contributed by atoms with van der Waals surface area (Å²) in [5, 5.41) is 7.14. The van der Waals surface area contributed by atoms with Crippen molar-refractivity contribution in [3.8, 4) is 5.69 Å². The molecule has 0 fully saturated rings. The van der Waals surface area contributed by atoms with Crippen molar-refractivity contribution in [3.05, 3.63) is 93.6 Å². The molecule has 3 heterocycles. The summed E-state index contributed by atoms with van der Waals surface area (Å²) in [6.07, 6.45) is -3.02. The Labute approximate surface area is 219 Å². The van der Waals surface area contributed by atoms with Crippen LogP contribution in [0.25, 0.3) is 5.69 Å². The highest BCUT2D eigenvalue weighted by atomic mass is 32.1. The third-order valence-corrected chi connectivity index (χ3v) is 7.24. The lowest BCUT2D eigenvalue weighted by atomic mass is 9.82. The van der Waals surface area contributed by atoms with E-state index in [2.05, 4.69) is 15.4 Å². The van der Waals surface area contributed by atoms with Gasteiger partial charge in [0.1, 0.15) is 17.6 Å². The van der Waals surface area contributed by atoms with Crippen LogP contribution in [-0.2, 0) is 17.5 Å².